The van der Waals surface area contributed by atoms with E-state index in [9.17, 15) is 22.8 Å². The van der Waals surface area contributed by atoms with Gasteiger partial charge in [0.1, 0.15) is 0 Å². The maximum Gasteiger partial charge on any atom is 0.451 e. The third kappa shape index (κ3) is 3.88. The minimum absolute atomic E-state index is 0.00340. The van der Waals surface area contributed by atoms with E-state index in [0.717, 1.165) is 4.57 Å². The van der Waals surface area contributed by atoms with Crippen LogP contribution in [0, 0.1) is 0 Å². The van der Waals surface area contributed by atoms with Crippen LogP contribution in [0.4, 0.5) is 18.0 Å². The van der Waals surface area contributed by atoms with Gasteiger partial charge in [0.25, 0.3) is 0 Å². The van der Waals surface area contributed by atoms with Crippen LogP contribution in [-0.4, -0.2) is 61.1 Å². The smallest absolute Gasteiger partial charge is 0.451 e. The first-order valence-corrected chi connectivity index (χ1v) is 6.59. The van der Waals surface area contributed by atoms with Crippen molar-refractivity contribution >= 4 is 12.0 Å². The van der Waals surface area contributed by atoms with E-state index >= 15 is 0 Å². The molecule has 0 bridgehead atoms. The number of hydrogen-bond donors (Lipinski definition) is 3. The van der Waals surface area contributed by atoms with Crippen molar-refractivity contribution < 1.29 is 33.0 Å². The summed E-state index contributed by atoms with van der Waals surface area (Å²) in [5, 5.41) is 26.1. The molecule has 0 radical (unpaired) electrons. The second kappa shape index (κ2) is 6.40. The van der Waals surface area contributed by atoms with Gasteiger partial charge in [-0.1, -0.05) is 0 Å². The molecule has 2 rings (SSSR count). The average Bonchev–Trinajstić information content (AvgIpc) is 2.88. The number of aromatic nitrogens is 3. The largest absolute Gasteiger partial charge is 0.465 e. The highest BCUT2D eigenvalue weighted by molar-refractivity contribution is 5.77. The molecule has 0 aromatic carbocycles. The fourth-order valence-corrected chi connectivity index (χ4v) is 2.26. The quantitative estimate of drug-likeness (QED) is 0.691. The summed E-state index contributed by atoms with van der Waals surface area (Å²) in [6, 6.07) is -0.981. The monoisotopic (exact) mass is 337 g/mol. The molecule has 23 heavy (non-hydrogen) atoms. The lowest BCUT2D eigenvalue weighted by Crippen LogP contribution is -2.44. The zero-order valence-electron chi connectivity index (χ0n) is 11.7. The van der Waals surface area contributed by atoms with E-state index in [1.807, 2.05) is 5.32 Å². The number of rotatable bonds is 4. The molecule has 1 aliphatic heterocycles. The first-order chi connectivity index (χ1) is 10.7. The molecule has 0 spiro atoms. The van der Waals surface area contributed by atoms with Crippen LogP contribution in [0.15, 0.2) is 0 Å². The highest BCUT2D eigenvalue weighted by Gasteiger charge is 2.40. The number of nitrogens with one attached hydrogen (secondary N) is 1. The molecule has 1 unspecified atom stereocenters. The van der Waals surface area contributed by atoms with Crippen molar-refractivity contribution in [1.29, 1.82) is 0 Å². The first-order valence-electron chi connectivity index (χ1n) is 6.59. The molecule has 1 aromatic rings. The molecule has 3 N–H and O–H groups in total. The summed E-state index contributed by atoms with van der Waals surface area (Å²) in [7, 11) is 0. The van der Waals surface area contributed by atoms with Crippen LogP contribution in [0.5, 0.6) is 0 Å². The molecule has 2 heterocycles. The predicted molar refractivity (Wildman–Crippen MR) is 67.1 cm³/mol. The maximum absolute atomic E-state index is 12.7. The van der Waals surface area contributed by atoms with Gasteiger partial charge in [0.05, 0.1) is 19.2 Å². The van der Waals surface area contributed by atoms with Crippen molar-refractivity contribution in [3.05, 3.63) is 11.6 Å². The van der Waals surface area contributed by atoms with Crippen molar-refractivity contribution in [2.45, 2.75) is 31.7 Å². The van der Waals surface area contributed by atoms with Crippen LogP contribution in [0.1, 0.15) is 18.1 Å². The Morgan fingerprint density at radius 3 is 2.57 bits per heavy atom. The van der Waals surface area contributed by atoms with E-state index in [1.165, 1.54) is 4.90 Å². The zero-order valence-corrected chi connectivity index (χ0v) is 11.7. The third-order valence-electron chi connectivity index (χ3n) is 3.33. The standard InChI is InChI=1S/C11H14F3N5O4/c12-11(13,14)9-17-16-7-4-18(1-2-19(7)9)8(21)3-6(5-20)15-10(22)23/h6,15,20H,1-5H2,(H,22,23). The number of nitrogens with zero attached hydrogens (tertiary/aromatic N) is 4. The summed E-state index contributed by atoms with van der Waals surface area (Å²) in [5.74, 6) is -1.61. The Morgan fingerprint density at radius 1 is 1.30 bits per heavy atom. The molecule has 12 heteroatoms. The van der Waals surface area contributed by atoms with Crippen LogP contribution in [0.25, 0.3) is 0 Å². The van der Waals surface area contributed by atoms with Crippen LogP contribution in [-0.2, 0) is 24.1 Å². The molecule has 0 fully saturated rings. The van der Waals surface area contributed by atoms with E-state index in [0.29, 0.717) is 0 Å². The number of aliphatic hydroxyl groups excluding tert-OH is 1. The lowest BCUT2D eigenvalue weighted by molar-refractivity contribution is -0.148. The average molecular weight is 337 g/mol. The van der Waals surface area contributed by atoms with Gasteiger partial charge in [-0.2, -0.15) is 13.2 Å². The van der Waals surface area contributed by atoms with Crippen LogP contribution < -0.4 is 5.32 Å². The Labute approximate surface area is 127 Å². The Morgan fingerprint density at radius 2 is 2.00 bits per heavy atom. The van der Waals surface area contributed by atoms with Gasteiger partial charge in [0.15, 0.2) is 5.82 Å². The number of alkyl halides is 3. The molecule has 9 nitrogen and oxygen atoms in total. The number of amides is 2. The minimum atomic E-state index is -4.62. The minimum Gasteiger partial charge on any atom is -0.465 e. The van der Waals surface area contributed by atoms with Crippen LogP contribution in [0.3, 0.4) is 0 Å². The lowest BCUT2D eigenvalue weighted by Gasteiger charge is -2.29. The number of carbonyl (C=O) groups excluding carboxylic acids is 1. The normalized spacial score (nSPS) is 15.9. The third-order valence-corrected chi connectivity index (χ3v) is 3.33. The van der Waals surface area contributed by atoms with Crippen molar-refractivity contribution in [2.75, 3.05) is 13.2 Å². The Balaban J connectivity index is 2.03. The van der Waals surface area contributed by atoms with Crippen molar-refractivity contribution in [3.8, 4) is 0 Å². The fourth-order valence-electron chi connectivity index (χ4n) is 2.26. The highest BCUT2D eigenvalue weighted by atomic mass is 19.4. The van der Waals surface area contributed by atoms with E-state index in [2.05, 4.69) is 10.2 Å². The molecule has 2 amide bonds. The topological polar surface area (TPSA) is 121 Å². The number of fused-ring (bicyclic) bond motifs is 1. The summed E-state index contributed by atoms with van der Waals surface area (Å²) in [4.78, 5) is 23.8. The first kappa shape index (κ1) is 17.0. The molecule has 0 saturated carbocycles. The molecule has 1 aromatic heterocycles. The molecule has 0 saturated heterocycles. The second-order valence-electron chi connectivity index (χ2n) is 4.94. The van der Waals surface area contributed by atoms with Crippen LogP contribution >= 0.6 is 0 Å². The van der Waals surface area contributed by atoms with Gasteiger partial charge in [-0.15, -0.1) is 10.2 Å². The van der Waals surface area contributed by atoms with E-state index in [1.54, 1.807) is 0 Å². The Bertz CT molecular complexity index is 603. The van der Waals surface area contributed by atoms with Gasteiger partial charge in [0, 0.05) is 19.5 Å². The van der Waals surface area contributed by atoms with Crippen molar-refractivity contribution in [1.82, 2.24) is 25.0 Å². The number of carbonyl (C=O) groups is 2. The number of carboxylic acid groups (broad SMARTS) is 1. The summed E-state index contributed by atoms with van der Waals surface area (Å²) in [6.07, 6.45) is -6.31. The maximum atomic E-state index is 12.7. The molecule has 128 valence electrons. The SMILES string of the molecule is O=C(O)NC(CO)CC(=O)N1CCn2c(nnc2C(F)(F)F)C1. The molecule has 0 aliphatic carbocycles. The van der Waals surface area contributed by atoms with E-state index < -0.39 is 36.6 Å². The van der Waals surface area contributed by atoms with E-state index in [-0.39, 0.29) is 31.9 Å². The summed E-state index contributed by atoms with van der Waals surface area (Å²) in [6.45, 7) is -0.829. The van der Waals surface area contributed by atoms with Crippen LogP contribution in [0.2, 0.25) is 0 Å². The fraction of sp³-hybridized carbons (Fsp3) is 0.636. The van der Waals surface area contributed by atoms with Gasteiger partial charge in [0.2, 0.25) is 11.7 Å². The lowest BCUT2D eigenvalue weighted by atomic mass is 10.2. The Kier molecular flexibility index (Phi) is 4.73. The van der Waals surface area contributed by atoms with Crippen molar-refractivity contribution in [3.63, 3.8) is 0 Å². The Hall–Kier alpha value is -2.37. The predicted octanol–water partition coefficient (Wildman–Crippen LogP) is -0.342. The van der Waals surface area contributed by atoms with Gasteiger partial charge < -0.3 is 25.0 Å². The number of aliphatic hydroxyl groups is 1. The zero-order chi connectivity index (χ0) is 17.2. The molecule has 1 atom stereocenters. The van der Waals surface area contributed by atoms with Gasteiger partial charge in [-0.25, -0.2) is 4.79 Å². The summed E-state index contributed by atoms with van der Waals surface area (Å²) in [5.41, 5.74) is 0. The van der Waals surface area contributed by atoms with Gasteiger partial charge >= 0.3 is 12.3 Å². The van der Waals surface area contributed by atoms with E-state index in [4.69, 9.17) is 10.2 Å². The summed E-state index contributed by atoms with van der Waals surface area (Å²) >= 11 is 0. The molecular formula is C11H14F3N5O4. The molecule has 1 aliphatic rings. The van der Waals surface area contributed by atoms with Gasteiger partial charge in [-0.05, 0) is 0 Å². The van der Waals surface area contributed by atoms with Gasteiger partial charge in [-0.3, -0.25) is 4.79 Å². The highest BCUT2D eigenvalue weighted by Crippen LogP contribution is 2.29. The second-order valence-corrected chi connectivity index (χ2v) is 4.94. The van der Waals surface area contributed by atoms with Crippen molar-refractivity contribution in [2.24, 2.45) is 0 Å². The number of hydrogen-bond acceptors (Lipinski definition) is 5. The summed E-state index contributed by atoms with van der Waals surface area (Å²) < 4.78 is 39.0. The molecular weight excluding hydrogens is 323 g/mol. The number of halogens is 3.